The molecule has 2 atom stereocenters. The van der Waals surface area contributed by atoms with Crippen LogP contribution in [0.5, 0.6) is 17.2 Å². The van der Waals surface area contributed by atoms with Crippen molar-refractivity contribution in [3.63, 3.8) is 0 Å². The predicted molar refractivity (Wildman–Crippen MR) is 171 cm³/mol. The Morgan fingerprint density at radius 1 is 1.04 bits per heavy atom. The van der Waals surface area contributed by atoms with Crippen LogP contribution in [0, 0.1) is 0 Å². The van der Waals surface area contributed by atoms with E-state index in [-0.39, 0.29) is 28.8 Å². The fourth-order valence-electron chi connectivity index (χ4n) is 4.38. The van der Waals surface area contributed by atoms with Gasteiger partial charge in [0.2, 0.25) is 0 Å². The van der Waals surface area contributed by atoms with E-state index in [1.807, 2.05) is 18.2 Å². The van der Waals surface area contributed by atoms with Crippen LogP contribution in [0.2, 0.25) is 15.1 Å². The monoisotopic (exact) mass is 676 g/mol. The molecule has 2 amide bonds. The number of carbonyl (C=O) groups is 2. The van der Waals surface area contributed by atoms with Crippen LogP contribution in [-0.2, 0) is 16.1 Å². The third-order valence-electron chi connectivity index (χ3n) is 6.46. The molecular formula is C31H31Cl3N4O7. The number of hydrogen-bond donors (Lipinski definition) is 4. The molecule has 0 aliphatic carbocycles. The number of aliphatic hydroxyl groups is 1. The topological polar surface area (TPSA) is 140 Å². The maximum atomic E-state index is 12.4. The number of allylic oxidation sites excluding steroid dienone is 1. The number of nitrogens with one attached hydrogen (secondary N) is 3. The highest BCUT2D eigenvalue weighted by Crippen LogP contribution is 2.36. The van der Waals surface area contributed by atoms with E-state index in [1.54, 1.807) is 50.2 Å². The SMILES string of the molecule is CCOc1cc([C@H]2NC(=O)NC(C)=C2C(=O)OC)ccc1OC[C@H](O)N/N=C\c1cc(Cl)c(OCc2ccccc2Cl)c(Cl)c1. The normalized spacial score (nSPS) is 15.3. The first-order valence-electron chi connectivity index (χ1n) is 13.7. The maximum Gasteiger partial charge on any atom is 0.337 e. The molecule has 0 saturated carbocycles. The fraction of sp³-hybridized carbons (Fsp3) is 0.258. The lowest BCUT2D eigenvalue weighted by Crippen LogP contribution is -2.45. The molecule has 14 heteroatoms. The average Bonchev–Trinajstić information content (AvgIpc) is 3.00. The minimum Gasteiger partial charge on any atom is -0.490 e. The standard InChI is InChI=1S/C31H31Cl3N4O7/c1-4-43-25-13-19(28-27(30(40)42-3)17(2)36-31(41)37-28)9-10-24(25)44-16-26(39)38-35-14-18-11-22(33)29(23(34)12-18)45-15-20-7-5-6-8-21(20)32/h5-14,26,28,38-39H,4,15-16H2,1-3H3,(H2,36,37,41)/b35-14-/t26-,28+/m0/s1. The summed E-state index contributed by atoms with van der Waals surface area (Å²) in [6, 6.07) is 14.2. The van der Waals surface area contributed by atoms with Crippen molar-refractivity contribution in [3.05, 3.63) is 97.6 Å². The minimum absolute atomic E-state index is 0.188. The van der Waals surface area contributed by atoms with Crippen molar-refractivity contribution in [2.75, 3.05) is 20.3 Å². The molecule has 4 rings (SSSR count). The van der Waals surface area contributed by atoms with Crippen molar-refractivity contribution < 1.29 is 33.6 Å². The molecule has 0 radical (unpaired) electrons. The van der Waals surface area contributed by atoms with E-state index in [4.69, 9.17) is 53.8 Å². The molecule has 1 heterocycles. The van der Waals surface area contributed by atoms with Crippen molar-refractivity contribution in [2.24, 2.45) is 5.10 Å². The van der Waals surface area contributed by atoms with E-state index >= 15 is 0 Å². The van der Waals surface area contributed by atoms with Gasteiger partial charge in [-0.2, -0.15) is 5.10 Å². The molecule has 0 unspecified atom stereocenters. The number of hydrogen-bond acceptors (Lipinski definition) is 9. The van der Waals surface area contributed by atoms with Crippen molar-refractivity contribution in [1.29, 1.82) is 0 Å². The lowest BCUT2D eigenvalue weighted by Gasteiger charge is -2.28. The van der Waals surface area contributed by atoms with Gasteiger partial charge in [-0.1, -0.05) is 59.1 Å². The zero-order valence-electron chi connectivity index (χ0n) is 24.5. The second-order valence-electron chi connectivity index (χ2n) is 9.61. The largest absolute Gasteiger partial charge is 0.490 e. The third-order valence-corrected chi connectivity index (χ3v) is 7.39. The van der Waals surface area contributed by atoms with Gasteiger partial charge in [0.05, 0.1) is 41.6 Å². The van der Waals surface area contributed by atoms with Gasteiger partial charge in [0.15, 0.2) is 23.5 Å². The molecular weight excluding hydrogens is 647 g/mol. The number of esters is 1. The van der Waals surface area contributed by atoms with Crippen LogP contribution in [0.25, 0.3) is 0 Å². The van der Waals surface area contributed by atoms with Gasteiger partial charge >= 0.3 is 12.0 Å². The Morgan fingerprint density at radius 2 is 1.78 bits per heavy atom. The van der Waals surface area contributed by atoms with E-state index in [2.05, 4.69) is 21.2 Å². The summed E-state index contributed by atoms with van der Waals surface area (Å²) >= 11 is 19.0. The smallest absolute Gasteiger partial charge is 0.337 e. The zero-order chi connectivity index (χ0) is 32.5. The Labute approximate surface area is 275 Å². The van der Waals surface area contributed by atoms with Gasteiger partial charge < -0.3 is 34.7 Å². The van der Waals surface area contributed by atoms with Crippen LogP contribution >= 0.6 is 34.8 Å². The Kier molecular flexibility index (Phi) is 11.8. The van der Waals surface area contributed by atoms with E-state index in [9.17, 15) is 14.7 Å². The summed E-state index contributed by atoms with van der Waals surface area (Å²) in [6.45, 7) is 3.73. The van der Waals surface area contributed by atoms with Gasteiger partial charge in [-0.05, 0) is 55.3 Å². The van der Waals surface area contributed by atoms with Crippen LogP contribution in [0.15, 0.2) is 71.0 Å². The van der Waals surface area contributed by atoms with Gasteiger partial charge in [-0.3, -0.25) is 5.43 Å². The summed E-state index contributed by atoms with van der Waals surface area (Å²) in [5.41, 5.74) is 5.13. The van der Waals surface area contributed by atoms with E-state index in [0.29, 0.717) is 45.7 Å². The van der Waals surface area contributed by atoms with Gasteiger partial charge in [-0.15, -0.1) is 0 Å². The van der Waals surface area contributed by atoms with Crippen LogP contribution in [0.4, 0.5) is 4.79 Å². The van der Waals surface area contributed by atoms with Gasteiger partial charge in [0.1, 0.15) is 13.2 Å². The number of urea groups is 1. The quantitative estimate of drug-likeness (QED) is 0.0777. The number of nitrogens with zero attached hydrogens (tertiary/aromatic N) is 1. The second kappa shape index (κ2) is 15.7. The summed E-state index contributed by atoms with van der Waals surface area (Å²) in [5, 5.41) is 20.9. The third kappa shape index (κ3) is 8.73. The highest BCUT2D eigenvalue weighted by molar-refractivity contribution is 6.37. The van der Waals surface area contributed by atoms with Crippen molar-refractivity contribution >= 4 is 53.0 Å². The number of benzene rings is 3. The lowest BCUT2D eigenvalue weighted by atomic mass is 9.95. The molecule has 0 saturated heterocycles. The number of amides is 2. The number of rotatable bonds is 13. The average molecular weight is 678 g/mol. The van der Waals surface area contributed by atoms with Gasteiger partial charge in [0, 0.05) is 16.3 Å². The van der Waals surface area contributed by atoms with Crippen LogP contribution in [0.1, 0.15) is 36.6 Å². The second-order valence-corrected chi connectivity index (χ2v) is 10.8. The number of hydrazone groups is 1. The van der Waals surface area contributed by atoms with E-state index in [0.717, 1.165) is 5.56 Å². The van der Waals surface area contributed by atoms with Crippen molar-refractivity contribution in [3.8, 4) is 17.2 Å². The fourth-order valence-corrected chi connectivity index (χ4v) is 5.18. The number of methoxy groups -OCH3 is 1. The molecule has 3 aromatic rings. The van der Waals surface area contributed by atoms with Crippen LogP contribution in [0.3, 0.4) is 0 Å². The first kappa shape index (κ1) is 33.7. The van der Waals surface area contributed by atoms with Gasteiger partial charge in [-0.25, -0.2) is 9.59 Å². The number of halogens is 3. The molecule has 11 nitrogen and oxygen atoms in total. The first-order valence-corrected chi connectivity index (χ1v) is 14.8. The van der Waals surface area contributed by atoms with Crippen LogP contribution < -0.4 is 30.3 Å². The summed E-state index contributed by atoms with van der Waals surface area (Å²) < 4.78 is 22.2. The van der Waals surface area contributed by atoms with Gasteiger partial charge in [0.25, 0.3) is 0 Å². The number of aliphatic hydroxyl groups excluding tert-OH is 1. The molecule has 0 fully saturated rings. The number of carbonyl (C=O) groups excluding carboxylic acids is 2. The summed E-state index contributed by atoms with van der Waals surface area (Å²) in [4.78, 5) is 24.6. The van der Waals surface area contributed by atoms with E-state index < -0.39 is 24.3 Å². The maximum absolute atomic E-state index is 12.4. The summed E-state index contributed by atoms with van der Waals surface area (Å²) in [5.74, 6) is 0.404. The van der Waals surface area contributed by atoms with Crippen molar-refractivity contribution in [1.82, 2.24) is 16.1 Å². The Bertz CT molecular complexity index is 1590. The highest BCUT2D eigenvalue weighted by Gasteiger charge is 2.32. The molecule has 1 aliphatic rings. The molecule has 0 spiro atoms. The molecule has 45 heavy (non-hydrogen) atoms. The Morgan fingerprint density at radius 3 is 2.47 bits per heavy atom. The minimum atomic E-state index is -1.19. The molecule has 1 aliphatic heterocycles. The number of ether oxygens (including phenoxy) is 4. The molecule has 0 bridgehead atoms. The molecule has 4 N–H and O–H groups in total. The Hall–Kier alpha value is -4.16. The highest BCUT2D eigenvalue weighted by atomic mass is 35.5. The molecule has 3 aromatic carbocycles. The summed E-state index contributed by atoms with van der Waals surface area (Å²) in [7, 11) is 1.27. The zero-order valence-corrected chi connectivity index (χ0v) is 26.8. The summed E-state index contributed by atoms with van der Waals surface area (Å²) in [6.07, 6.45) is 0.237. The van der Waals surface area contributed by atoms with Crippen LogP contribution in [-0.4, -0.2) is 49.9 Å². The molecule has 238 valence electrons. The van der Waals surface area contributed by atoms with Crippen molar-refractivity contribution in [2.45, 2.75) is 32.7 Å². The lowest BCUT2D eigenvalue weighted by molar-refractivity contribution is -0.136. The molecule has 0 aromatic heterocycles. The first-order chi connectivity index (χ1) is 21.6. The van der Waals surface area contributed by atoms with E-state index in [1.165, 1.54) is 13.3 Å². The Balaban J connectivity index is 1.37. The predicted octanol–water partition coefficient (Wildman–Crippen LogP) is 5.75.